The number of amides is 1. The van der Waals surface area contributed by atoms with Gasteiger partial charge in [-0.2, -0.15) is 17.0 Å². The Bertz CT molecular complexity index is 764. The SMILES string of the molecule is COc1cc(N/C=C(/C#N)C(=O)NC(CCSC)C(=O)O)c(OC)cc1Cl. The standard InChI is InChI=1S/C17H20ClN3O5S/c1-25-14-7-13(15(26-2)6-11(14)18)20-9-10(8-19)16(22)21-12(17(23)24)4-5-27-3/h6-7,9,12,20H,4-5H2,1-3H3,(H,21,22)(H,23,24)/b10-9-. The molecule has 0 bridgehead atoms. The van der Waals surface area contributed by atoms with Crippen LogP contribution in [0.15, 0.2) is 23.9 Å². The molecular formula is C17H20ClN3O5S. The van der Waals surface area contributed by atoms with Crippen LogP contribution in [-0.4, -0.2) is 49.3 Å². The van der Waals surface area contributed by atoms with Crippen molar-refractivity contribution in [2.24, 2.45) is 0 Å². The molecule has 8 nitrogen and oxygen atoms in total. The second-order valence-electron chi connectivity index (χ2n) is 5.15. The van der Waals surface area contributed by atoms with Crippen LogP contribution in [0.25, 0.3) is 0 Å². The summed E-state index contributed by atoms with van der Waals surface area (Å²) in [5, 5.41) is 23.9. The summed E-state index contributed by atoms with van der Waals surface area (Å²) in [7, 11) is 2.89. The van der Waals surface area contributed by atoms with Crippen LogP contribution in [0.3, 0.4) is 0 Å². The molecule has 0 aliphatic rings. The first-order valence-corrected chi connectivity index (χ1v) is 9.46. The number of carbonyl (C=O) groups is 2. The molecule has 1 unspecified atom stereocenters. The van der Waals surface area contributed by atoms with Gasteiger partial charge in [-0.3, -0.25) is 4.79 Å². The van der Waals surface area contributed by atoms with E-state index in [-0.39, 0.29) is 12.0 Å². The van der Waals surface area contributed by atoms with Crippen molar-refractivity contribution < 1.29 is 24.2 Å². The highest BCUT2D eigenvalue weighted by atomic mass is 35.5. The average Bonchev–Trinajstić information content (AvgIpc) is 2.65. The van der Waals surface area contributed by atoms with Crippen molar-refractivity contribution in [3.63, 3.8) is 0 Å². The Morgan fingerprint density at radius 2 is 2.04 bits per heavy atom. The molecule has 0 aliphatic heterocycles. The van der Waals surface area contributed by atoms with E-state index >= 15 is 0 Å². The van der Waals surface area contributed by atoms with Crippen LogP contribution < -0.4 is 20.1 Å². The number of halogens is 1. The van der Waals surface area contributed by atoms with E-state index in [9.17, 15) is 20.0 Å². The zero-order valence-corrected chi connectivity index (χ0v) is 16.6. The van der Waals surface area contributed by atoms with Crippen molar-refractivity contribution in [3.8, 4) is 17.6 Å². The highest BCUT2D eigenvalue weighted by Crippen LogP contribution is 2.35. The molecule has 0 aliphatic carbocycles. The average molecular weight is 414 g/mol. The predicted molar refractivity (Wildman–Crippen MR) is 104 cm³/mol. The Morgan fingerprint density at radius 3 is 2.56 bits per heavy atom. The van der Waals surface area contributed by atoms with Gasteiger partial charge >= 0.3 is 5.97 Å². The Hall–Kier alpha value is -2.57. The van der Waals surface area contributed by atoms with E-state index in [0.29, 0.717) is 28.0 Å². The summed E-state index contributed by atoms with van der Waals surface area (Å²) in [5.41, 5.74) is 0.123. The van der Waals surface area contributed by atoms with Crippen molar-refractivity contribution in [1.82, 2.24) is 5.32 Å². The zero-order valence-electron chi connectivity index (χ0n) is 15.0. The number of hydrogen-bond acceptors (Lipinski definition) is 7. The minimum absolute atomic E-state index is 0.247. The number of ether oxygens (including phenoxy) is 2. The van der Waals surface area contributed by atoms with Gasteiger partial charge in [0.1, 0.15) is 29.2 Å². The molecule has 0 fully saturated rings. The molecule has 0 heterocycles. The minimum Gasteiger partial charge on any atom is -0.495 e. The summed E-state index contributed by atoms with van der Waals surface area (Å²) < 4.78 is 10.3. The van der Waals surface area contributed by atoms with Crippen LogP contribution in [0, 0.1) is 11.3 Å². The first-order chi connectivity index (χ1) is 12.9. The molecular weight excluding hydrogens is 394 g/mol. The van der Waals surface area contributed by atoms with Crippen molar-refractivity contribution in [3.05, 3.63) is 28.9 Å². The summed E-state index contributed by atoms with van der Waals surface area (Å²) in [5.74, 6) is -0.648. The van der Waals surface area contributed by atoms with E-state index in [2.05, 4.69) is 10.6 Å². The second-order valence-corrected chi connectivity index (χ2v) is 6.54. The topological polar surface area (TPSA) is 121 Å². The number of methoxy groups -OCH3 is 2. The molecule has 27 heavy (non-hydrogen) atoms. The number of hydrogen-bond donors (Lipinski definition) is 3. The van der Waals surface area contributed by atoms with Gasteiger partial charge in [0, 0.05) is 18.3 Å². The van der Waals surface area contributed by atoms with Crippen molar-refractivity contribution in [1.29, 1.82) is 5.26 Å². The van der Waals surface area contributed by atoms with Crippen LogP contribution in [0.4, 0.5) is 5.69 Å². The number of benzene rings is 1. The van der Waals surface area contributed by atoms with E-state index in [1.165, 1.54) is 32.0 Å². The van der Waals surface area contributed by atoms with Gasteiger partial charge in [-0.05, 0) is 18.4 Å². The maximum Gasteiger partial charge on any atom is 0.326 e. The lowest BCUT2D eigenvalue weighted by molar-refractivity contribution is -0.141. The van der Waals surface area contributed by atoms with E-state index < -0.39 is 17.9 Å². The van der Waals surface area contributed by atoms with Gasteiger partial charge in [0.25, 0.3) is 5.91 Å². The van der Waals surface area contributed by atoms with Crippen LogP contribution >= 0.6 is 23.4 Å². The Labute approximate surface area is 166 Å². The van der Waals surface area contributed by atoms with E-state index in [0.717, 1.165) is 6.20 Å². The number of nitriles is 1. The number of thioether (sulfide) groups is 1. The normalized spacial score (nSPS) is 11.9. The van der Waals surface area contributed by atoms with E-state index in [4.69, 9.17) is 21.1 Å². The first kappa shape index (κ1) is 22.5. The minimum atomic E-state index is -1.16. The number of carboxylic acid groups (broad SMARTS) is 1. The lowest BCUT2D eigenvalue weighted by atomic mass is 10.2. The monoisotopic (exact) mass is 413 g/mol. The highest BCUT2D eigenvalue weighted by molar-refractivity contribution is 7.98. The molecule has 10 heteroatoms. The fourth-order valence-electron chi connectivity index (χ4n) is 2.00. The third-order valence-electron chi connectivity index (χ3n) is 3.43. The summed E-state index contributed by atoms with van der Waals surface area (Å²) >= 11 is 7.49. The van der Waals surface area contributed by atoms with Gasteiger partial charge < -0.3 is 25.2 Å². The predicted octanol–water partition coefficient (Wildman–Crippen LogP) is 2.50. The molecule has 0 spiro atoms. The third-order valence-corrected chi connectivity index (χ3v) is 4.36. The number of carboxylic acids is 1. The summed E-state index contributed by atoms with van der Waals surface area (Å²) in [6.45, 7) is 0. The molecule has 0 aromatic heterocycles. The molecule has 1 atom stereocenters. The maximum absolute atomic E-state index is 12.2. The lowest BCUT2D eigenvalue weighted by Gasteiger charge is -2.14. The second kappa shape index (κ2) is 11.2. The molecule has 1 amide bonds. The molecule has 1 aromatic rings. The van der Waals surface area contributed by atoms with Crippen LogP contribution in [0.1, 0.15) is 6.42 Å². The van der Waals surface area contributed by atoms with Gasteiger partial charge in [0.15, 0.2) is 0 Å². The zero-order chi connectivity index (χ0) is 20.4. The number of nitrogens with zero attached hydrogens (tertiary/aromatic N) is 1. The van der Waals surface area contributed by atoms with Gasteiger partial charge in [0.05, 0.1) is 24.9 Å². The van der Waals surface area contributed by atoms with Gasteiger partial charge in [-0.15, -0.1) is 0 Å². The number of rotatable bonds is 10. The van der Waals surface area contributed by atoms with Crippen LogP contribution in [-0.2, 0) is 9.59 Å². The lowest BCUT2D eigenvalue weighted by Crippen LogP contribution is -2.41. The molecule has 0 radical (unpaired) electrons. The Morgan fingerprint density at radius 1 is 1.37 bits per heavy atom. The molecule has 1 aromatic carbocycles. The smallest absolute Gasteiger partial charge is 0.326 e. The fourth-order valence-corrected chi connectivity index (χ4v) is 2.70. The van der Waals surface area contributed by atoms with Crippen LogP contribution in [0.2, 0.25) is 5.02 Å². The summed E-state index contributed by atoms with van der Waals surface area (Å²) in [6, 6.07) is 3.73. The third kappa shape index (κ3) is 6.58. The number of nitrogens with one attached hydrogen (secondary N) is 2. The van der Waals surface area contributed by atoms with E-state index in [1.807, 2.05) is 6.26 Å². The number of aliphatic carboxylic acids is 1. The largest absolute Gasteiger partial charge is 0.495 e. The first-order valence-electron chi connectivity index (χ1n) is 7.68. The van der Waals surface area contributed by atoms with E-state index in [1.54, 1.807) is 12.1 Å². The van der Waals surface area contributed by atoms with Gasteiger partial charge in [0.2, 0.25) is 0 Å². The quantitative estimate of drug-likeness (QED) is 0.395. The molecule has 1 rings (SSSR count). The number of anilines is 1. The molecule has 0 saturated carbocycles. The molecule has 3 N–H and O–H groups in total. The fraction of sp³-hybridized carbons (Fsp3) is 0.353. The summed E-state index contributed by atoms with van der Waals surface area (Å²) in [4.78, 5) is 23.4. The van der Waals surface area contributed by atoms with Crippen LogP contribution in [0.5, 0.6) is 11.5 Å². The maximum atomic E-state index is 12.2. The Balaban J connectivity index is 2.99. The highest BCUT2D eigenvalue weighted by Gasteiger charge is 2.21. The summed E-state index contributed by atoms with van der Waals surface area (Å²) in [6.07, 6.45) is 3.24. The van der Waals surface area contributed by atoms with Crippen molar-refractivity contribution >= 4 is 40.9 Å². The van der Waals surface area contributed by atoms with Gasteiger partial charge in [-0.1, -0.05) is 11.6 Å². The molecule has 0 saturated heterocycles. The number of carbonyl (C=O) groups excluding carboxylic acids is 1. The Kier molecular flexibility index (Phi) is 9.33. The van der Waals surface area contributed by atoms with Gasteiger partial charge in [-0.25, -0.2) is 4.79 Å². The van der Waals surface area contributed by atoms with Crippen molar-refractivity contribution in [2.45, 2.75) is 12.5 Å². The molecule has 146 valence electrons. The van der Waals surface area contributed by atoms with Crippen molar-refractivity contribution in [2.75, 3.05) is 31.5 Å².